The number of esters is 4. The summed E-state index contributed by atoms with van der Waals surface area (Å²) in [7, 11) is 1.94. The summed E-state index contributed by atoms with van der Waals surface area (Å²) in [5.74, 6) is 2.79. The molecule has 0 saturated carbocycles. The van der Waals surface area contributed by atoms with Gasteiger partial charge in [-0.2, -0.15) is 0 Å². The summed E-state index contributed by atoms with van der Waals surface area (Å²) in [6.07, 6.45) is 7.91. The number of aromatic nitrogens is 2. The van der Waals surface area contributed by atoms with E-state index in [9.17, 15) is 32.4 Å². The van der Waals surface area contributed by atoms with Crippen molar-refractivity contribution in [2.75, 3.05) is 48.2 Å². The fraction of sp³-hybridized carbons (Fsp3) is 0.284. The zero-order valence-electron chi connectivity index (χ0n) is 57.2. The van der Waals surface area contributed by atoms with E-state index in [0.717, 1.165) is 67.3 Å². The Kier molecular flexibility index (Phi) is 41.8. The minimum absolute atomic E-state index is 0.123. The SMILES string of the molecule is CCOC(CN(C(C)=O)C(=CC(=O)OC)c1cc(Cl)ccc1CC)OCC.CCc1ccc(Cl)cc1-c1[nH]ccc1C(=O)OC.CCc1ccc(Cl)cc1-c1c(C(=O)OC)ccn1S(=O)(=O)c1ccccc1.CCc1ccc(Cl)cc1C#CC(=O)OC.CCc1ccc(Cl)cc1I.[I][V][I]. The average molecular weight is 1860 g/mol. The van der Waals surface area contributed by atoms with E-state index in [4.69, 9.17) is 81.7 Å². The van der Waals surface area contributed by atoms with Gasteiger partial charge < -0.3 is 38.3 Å². The summed E-state index contributed by atoms with van der Waals surface area (Å²) < 4.78 is 58.8. The topological polar surface area (TPSA) is 199 Å². The number of ether oxygens (including phenoxy) is 6. The molecule has 0 aliphatic heterocycles. The maximum atomic E-state index is 13.2. The number of halogens is 8. The number of benzene rings is 6. The van der Waals surface area contributed by atoms with Crippen molar-refractivity contribution in [3.8, 4) is 34.4 Å². The molecule has 8 rings (SSSR count). The van der Waals surface area contributed by atoms with E-state index in [1.165, 1.54) is 79.9 Å². The first-order valence-corrected chi connectivity index (χ1v) is 44.5. The molecule has 0 radical (unpaired) electrons. The third-order valence-corrected chi connectivity index (χ3v) is 18.2. The Labute approximate surface area is 655 Å². The van der Waals surface area contributed by atoms with Gasteiger partial charge in [-0.1, -0.05) is 147 Å². The second-order valence-corrected chi connectivity index (χ2v) is 37.4. The number of rotatable bonds is 20. The second-order valence-electron chi connectivity index (χ2n) is 20.5. The molecular weight excluding hydrogens is 1780 g/mol. The quantitative estimate of drug-likeness (QED) is 0.0189. The Bertz CT molecular complexity index is 4220. The van der Waals surface area contributed by atoms with Crippen molar-refractivity contribution >= 4 is 166 Å². The molecule has 0 atom stereocenters. The number of nitrogens with one attached hydrogen (secondary N) is 1. The van der Waals surface area contributed by atoms with Crippen LogP contribution in [0.1, 0.15) is 115 Å². The number of aromatic amines is 1. The van der Waals surface area contributed by atoms with E-state index < -0.39 is 34.2 Å². The molecule has 6 aromatic carbocycles. The van der Waals surface area contributed by atoms with E-state index in [1.807, 2.05) is 89.2 Å². The molecule has 0 fully saturated rings. The molecule has 2 heterocycles. The Balaban J connectivity index is 0.000000333. The van der Waals surface area contributed by atoms with Crippen LogP contribution in [-0.4, -0.2) is 107 Å². The average Bonchev–Trinajstić information content (AvgIpc) is 1.56. The first kappa shape index (κ1) is 88.8. The number of hydrogen-bond acceptors (Lipinski definition) is 13. The van der Waals surface area contributed by atoms with Gasteiger partial charge in [0, 0.05) is 95.5 Å². The van der Waals surface area contributed by atoms with E-state index in [-0.39, 0.29) is 34.6 Å². The molecule has 2 aromatic heterocycles. The van der Waals surface area contributed by atoms with Gasteiger partial charge in [0.25, 0.3) is 10.0 Å². The molecule has 0 spiro atoms. The van der Waals surface area contributed by atoms with Gasteiger partial charge in [-0.15, -0.1) is 0 Å². The van der Waals surface area contributed by atoms with E-state index in [1.54, 1.807) is 60.8 Å². The van der Waals surface area contributed by atoms with Crippen molar-refractivity contribution in [2.45, 2.75) is 98.7 Å². The van der Waals surface area contributed by atoms with Crippen LogP contribution in [0.25, 0.3) is 28.2 Å². The fourth-order valence-electron chi connectivity index (χ4n) is 9.49. The predicted molar refractivity (Wildman–Crippen MR) is 423 cm³/mol. The Morgan fingerprint density at radius 2 is 1.06 bits per heavy atom. The van der Waals surface area contributed by atoms with Gasteiger partial charge >= 0.3 is 73.3 Å². The summed E-state index contributed by atoms with van der Waals surface area (Å²) in [4.78, 5) is 63.9. The van der Waals surface area contributed by atoms with Gasteiger partial charge in [-0.25, -0.2) is 31.6 Å². The summed E-state index contributed by atoms with van der Waals surface area (Å²) in [6.45, 7) is 16.3. The molecular formula is C74H79Cl5I3N3O13SV. The molecule has 16 nitrogen and oxygen atoms in total. The van der Waals surface area contributed by atoms with Gasteiger partial charge in [-0.05, 0) is 181 Å². The zero-order chi connectivity index (χ0) is 74.6. The number of carbonyl (C=O) groups is 5. The number of hydrogen-bond donors (Lipinski definition) is 1. The van der Waals surface area contributed by atoms with Crippen LogP contribution < -0.4 is 0 Å². The summed E-state index contributed by atoms with van der Waals surface area (Å²) in [5, 5.41) is 3.03. The monoisotopic (exact) mass is 1860 g/mol. The Morgan fingerprint density at radius 3 is 1.56 bits per heavy atom. The minimum atomic E-state index is -3.91. The number of methoxy groups -OCH3 is 4. The van der Waals surface area contributed by atoms with Crippen molar-refractivity contribution in [3.05, 3.63) is 231 Å². The van der Waals surface area contributed by atoms with Crippen molar-refractivity contribution in [3.63, 3.8) is 0 Å². The second kappa shape index (κ2) is 47.1. The number of aryl methyl sites for hydroxylation is 5. The fourth-order valence-corrected chi connectivity index (χ4v) is 12.8. The number of amides is 1. The van der Waals surface area contributed by atoms with Gasteiger partial charge in [-0.3, -0.25) is 4.79 Å². The van der Waals surface area contributed by atoms with Gasteiger partial charge in [0.2, 0.25) is 5.91 Å². The van der Waals surface area contributed by atoms with Crippen molar-refractivity contribution in [1.29, 1.82) is 0 Å². The third kappa shape index (κ3) is 27.7. The normalized spacial score (nSPS) is 10.6. The standard InChI is InChI=1S/C20H28ClNO5.C20H18ClNO4S.C14H14ClNO2.C12H11ClO2.C8H8ClI.2HI.V/c1-6-15-9-10-16(21)11-17(15)18(12-19(24)25-5)22(14(4)23)13-20(26-7-2)27-8-3;1-3-14-9-10-15(21)13-18(14)19-17(20(23)26-2)11-12-22(19)27(24,25)16-7-5-4-6-8-16;1-3-9-4-5-10(15)8-12(9)13-11(6-7-16-13)14(17)18-2;1-3-9-4-6-11(13)8-10(9)5-7-12(14)15-2;1-2-6-3-4-7(9)5-8(6)10;;;/h9-12,20H,6-8,13H2,1-5H3;4-13H,3H2,1-2H3;4-8,16H,3H2,1-2H3;4,6,8H,3H2,1-2H3;3-5H,2H2,1H3;2*1H;/q;;;;;;;+2/p-2. The summed E-state index contributed by atoms with van der Waals surface area (Å²) in [5.41, 5.74) is 10.4. The van der Waals surface area contributed by atoms with Gasteiger partial charge in [0.15, 0.2) is 6.29 Å². The first-order chi connectivity index (χ1) is 47.8. The van der Waals surface area contributed by atoms with Crippen molar-refractivity contribution in [2.24, 2.45) is 0 Å². The van der Waals surface area contributed by atoms with Gasteiger partial charge in [0.05, 0.1) is 68.1 Å². The molecule has 535 valence electrons. The maximum absolute atomic E-state index is 13.2. The number of nitrogens with zero attached hydrogens (tertiary/aromatic N) is 2. The molecule has 1 N–H and O–H groups in total. The number of carbonyl (C=O) groups excluding carboxylic acids is 5. The molecule has 0 aliphatic carbocycles. The molecule has 100 heavy (non-hydrogen) atoms. The Hall–Kier alpha value is -5.38. The molecule has 8 aromatic rings. The summed E-state index contributed by atoms with van der Waals surface area (Å²) in [6, 6.07) is 39.0. The van der Waals surface area contributed by atoms with Gasteiger partial charge in [0.1, 0.15) is 0 Å². The van der Waals surface area contributed by atoms with Crippen LogP contribution in [0, 0.1) is 15.4 Å². The third-order valence-electron chi connectivity index (χ3n) is 14.4. The van der Waals surface area contributed by atoms with Crippen LogP contribution >= 0.6 is 121 Å². The van der Waals surface area contributed by atoms with Crippen molar-refractivity contribution in [1.82, 2.24) is 13.9 Å². The van der Waals surface area contributed by atoms with E-state index in [2.05, 4.69) is 104 Å². The molecule has 0 bridgehead atoms. The molecule has 0 saturated heterocycles. The van der Waals surface area contributed by atoms with Crippen molar-refractivity contribution < 1.29 is 70.3 Å². The van der Waals surface area contributed by atoms with Crippen LogP contribution in [0.15, 0.2) is 157 Å². The summed E-state index contributed by atoms with van der Waals surface area (Å²) >= 11 is 37.0. The van der Waals surface area contributed by atoms with Crippen LogP contribution in [0.4, 0.5) is 0 Å². The molecule has 26 heteroatoms. The van der Waals surface area contributed by atoms with Crippen LogP contribution in [-0.2, 0) is 94.4 Å². The zero-order valence-corrected chi connectivity index (χ0v) is 69.7. The van der Waals surface area contributed by atoms with Crippen LogP contribution in [0.5, 0.6) is 0 Å². The van der Waals surface area contributed by atoms with Crippen LogP contribution in [0.3, 0.4) is 0 Å². The molecule has 0 unspecified atom stereocenters. The molecule has 1 amide bonds. The first-order valence-electron chi connectivity index (χ1n) is 31.0. The predicted octanol–water partition coefficient (Wildman–Crippen LogP) is 19.4. The van der Waals surface area contributed by atoms with Crippen LogP contribution in [0.2, 0.25) is 25.1 Å². The molecule has 0 aliphatic rings. The number of H-pyrrole nitrogens is 1. The Morgan fingerprint density at radius 1 is 0.580 bits per heavy atom. The van der Waals surface area contributed by atoms with E-state index >= 15 is 0 Å². The van der Waals surface area contributed by atoms with E-state index in [0.29, 0.717) is 78.0 Å².